The van der Waals surface area contributed by atoms with Crippen molar-refractivity contribution >= 4 is 34.2 Å². The van der Waals surface area contributed by atoms with Crippen molar-refractivity contribution in [1.29, 1.82) is 0 Å². The fraction of sp³-hybridized carbons (Fsp3) is 0.500. The van der Waals surface area contributed by atoms with E-state index in [1.807, 2.05) is 19.1 Å². The maximum Gasteiger partial charge on any atom is 0.128 e. The molecule has 0 spiro atoms. The van der Waals surface area contributed by atoms with E-state index in [9.17, 15) is 0 Å². The number of aryl methyl sites for hydroxylation is 1. The molecule has 1 unspecified atom stereocenters. The van der Waals surface area contributed by atoms with E-state index in [0.29, 0.717) is 0 Å². The van der Waals surface area contributed by atoms with Crippen molar-refractivity contribution in [2.45, 2.75) is 44.5 Å². The average Bonchev–Trinajstić information content (AvgIpc) is 2.92. The van der Waals surface area contributed by atoms with Gasteiger partial charge in [-0.05, 0) is 51.3 Å². The third kappa shape index (κ3) is 1.66. The summed E-state index contributed by atoms with van der Waals surface area (Å²) in [5, 5.41) is 0.703. The summed E-state index contributed by atoms with van der Waals surface area (Å²) in [6, 6.07) is 3.89. The van der Waals surface area contributed by atoms with Crippen LogP contribution >= 0.6 is 23.2 Å². The highest BCUT2D eigenvalue weighted by Gasteiger charge is 2.42. The molecule has 96 valence electrons. The summed E-state index contributed by atoms with van der Waals surface area (Å²) in [6.45, 7) is 6.29. The first-order chi connectivity index (χ1) is 8.44. The number of imidazole rings is 1. The number of rotatable bonds is 2. The minimum Gasteiger partial charge on any atom is -0.321 e. The molecular formula is C14H16Cl2N2. The normalized spacial score (nSPS) is 19.2. The highest BCUT2D eigenvalue weighted by atomic mass is 35.5. The van der Waals surface area contributed by atoms with Gasteiger partial charge < -0.3 is 4.57 Å². The smallest absolute Gasteiger partial charge is 0.128 e. The molecule has 1 aromatic heterocycles. The van der Waals surface area contributed by atoms with E-state index in [1.165, 1.54) is 12.8 Å². The minimum atomic E-state index is -0.0898. The monoisotopic (exact) mass is 282 g/mol. The van der Waals surface area contributed by atoms with Gasteiger partial charge in [0.05, 0.1) is 16.4 Å². The van der Waals surface area contributed by atoms with Gasteiger partial charge in [0.15, 0.2) is 0 Å². The Morgan fingerprint density at radius 2 is 2.06 bits per heavy atom. The molecule has 1 aliphatic rings. The summed E-state index contributed by atoms with van der Waals surface area (Å²) in [7, 11) is 0. The first-order valence-corrected chi connectivity index (χ1v) is 7.07. The van der Waals surface area contributed by atoms with Crippen LogP contribution in [0.15, 0.2) is 12.1 Å². The molecule has 1 saturated carbocycles. The van der Waals surface area contributed by atoms with Gasteiger partial charge in [-0.2, -0.15) is 0 Å². The van der Waals surface area contributed by atoms with Crippen LogP contribution in [0.2, 0.25) is 5.02 Å². The van der Waals surface area contributed by atoms with Crippen LogP contribution in [0.25, 0.3) is 11.0 Å². The lowest BCUT2D eigenvalue weighted by Crippen LogP contribution is -2.16. The molecular weight excluding hydrogens is 267 g/mol. The second-order valence-electron chi connectivity index (χ2n) is 5.46. The number of hydrogen-bond acceptors (Lipinski definition) is 1. The zero-order chi connectivity index (χ0) is 13.1. The van der Waals surface area contributed by atoms with E-state index in [1.54, 1.807) is 0 Å². The molecule has 0 amide bonds. The van der Waals surface area contributed by atoms with Crippen molar-refractivity contribution in [3.8, 4) is 0 Å². The van der Waals surface area contributed by atoms with E-state index in [2.05, 4.69) is 18.4 Å². The van der Waals surface area contributed by atoms with Crippen LogP contribution < -0.4 is 0 Å². The molecule has 1 aromatic carbocycles. The predicted octanol–water partition coefficient (Wildman–Crippen LogP) is 4.81. The summed E-state index contributed by atoms with van der Waals surface area (Å²) >= 11 is 12.5. The van der Waals surface area contributed by atoms with E-state index < -0.39 is 0 Å². The maximum absolute atomic E-state index is 6.29. The highest BCUT2D eigenvalue weighted by Crippen LogP contribution is 2.47. The van der Waals surface area contributed by atoms with Gasteiger partial charge in [0.25, 0.3) is 0 Å². The Morgan fingerprint density at radius 3 is 2.61 bits per heavy atom. The van der Waals surface area contributed by atoms with Crippen molar-refractivity contribution in [1.82, 2.24) is 9.55 Å². The first kappa shape index (κ1) is 12.3. The number of benzene rings is 1. The summed E-state index contributed by atoms with van der Waals surface area (Å²) in [5.74, 6) is 0.956. The second-order valence-corrected chi connectivity index (χ2v) is 6.52. The summed E-state index contributed by atoms with van der Waals surface area (Å²) in [6.07, 6.45) is 2.36. The summed E-state index contributed by atoms with van der Waals surface area (Å²) < 4.78 is 2.31. The minimum absolute atomic E-state index is 0.0898. The van der Waals surface area contributed by atoms with Crippen molar-refractivity contribution in [2.75, 3.05) is 0 Å². The molecule has 1 fully saturated rings. The number of hydrogen-bond donors (Lipinski definition) is 0. The highest BCUT2D eigenvalue weighted by molar-refractivity contribution is 6.32. The van der Waals surface area contributed by atoms with E-state index in [4.69, 9.17) is 28.2 Å². The quantitative estimate of drug-likeness (QED) is 0.723. The van der Waals surface area contributed by atoms with Gasteiger partial charge in [-0.1, -0.05) is 11.6 Å². The number of fused-ring (bicyclic) bond motifs is 1. The zero-order valence-corrected chi connectivity index (χ0v) is 12.3. The maximum atomic E-state index is 6.29. The predicted molar refractivity (Wildman–Crippen MR) is 76.6 cm³/mol. The largest absolute Gasteiger partial charge is 0.321 e. The van der Waals surface area contributed by atoms with Crippen LogP contribution in [0.4, 0.5) is 0 Å². The van der Waals surface area contributed by atoms with Gasteiger partial charge in [0.2, 0.25) is 0 Å². The Morgan fingerprint density at radius 1 is 1.39 bits per heavy atom. The van der Waals surface area contributed by atoms with Crippen LogP contribution in [0, 0.1) is 6.92 Å². The fourth-order valence-corrected chi connectivity index (χ4v) is 2.84. The molecule has 3 rings (SSSR count). The topological polar surface area (TPSA) is 17.8 Å². The average molecular weight is 283 g/mol. The molecule has 18 heavy (non-hydrogen) atoms. The molecule has 0 N–H and O–H groups in total. The first-order valence-electron chi connectivity index (χ1n) is 6.26. The second kappa shape index (κ2) is 3.88. The molecule has 1 aliphatic carbocycles. The molecule has 2 nitrogen and oxygen atoms in total. The van der Waals surface area contributed by atoms with Gasteiger partial charge in [-0.25, -0.2) is 4.98 Å². The SMILES string of the molecule is Cc1c(Cl)ccc2nc(C(C)Cl)n(C3(C)CC3)c12. The summed E-state index contributed by atoms with van der Waals surface area (Å²) in [4.78, 5) is 4.69. The third-order valence-corrected chi connectivity index (χ3v) is 4.51. The third-order valence-electron chi connectivity index (χ3n) is 3.90. The lowest BCUT2D eigenvalue weighted by Gasteiger charge is -2.18. The number of alkyl halides is 1. The van der Waals surface area contributed by atoms with Crippen LogP contribution in [-0.2, 0) is 5.54 Å². The standard InChI is InChI=1S/C14H16Cl2N2/c1-8-10(16)4-5-11-12(8)18(14(3)6-7-14)13(17-11)9(2)15/h4-5,9H,6-7H2,1-3H3. The lowest BCUT2D eigenvalue weighted by atomic mass is 10.2. The zero-order valence-electron chi connectivity index (χ0n) is 10.8. The van der Waals surface area contributed by atoms with Crippen molar-refractivity contribution in [3.05, 3.63) is 28.5 Å². The van der Waals surface area contributed by atoms with E-state index in [0.717, 1.165) is 27.4 Å². The number of halogens is 2. The molecule has 4 heteroatoms. The molecule has 0 saturated heterocycles. The van der Waals surface area contributed by atoms with Crippen molar-refractivity contribution in [3.63, 3.8) is 0 Å². The molecule has 1 atom stereocenters. The van der Waals surface area contributed by atoms with Crippen LogP contribution in [0.1, 0.15) is 43.5 Å². The van der Waals surface area contributed by atoms with Crippen LogP contribution in [0.5, 0.6) is 0 Å². The summed E-state index contributed by atoms with van der Waals surface area (Å²) in [5.41, 5.74) is 3.40. The van der Waals surface area contributed by atoms with Gasteiger partial charge in [-0.3, -0.25) is 0 Å². The van der Waals surface area contributed by atoms with Crippen molar-refractivity contribution < 1.29 is 0 Å². The van der Waals surface area contributed by atoms with Crippen molar-refractivity contribution in [2.24, 2.45) is 0 Å². The molecule has 1 heterocycles. The Labute approximate surface area is 117 Å². The Hall–Kier alpha value is -0.730. The molecule has 0 radical (unpaired) electrons. The molecule has 2 aromatic rings. The number of aromatic nitrogens is 2. The molecule has 0 aliphatic heterocycles. The van der Waals surface area contributed by atoms with E-state index in [-0.39, 0.29) is 10.9 Å². The van der Waals surface area contributed by atoms with Crippen LogP contribution in [-0.4, -0.2) is 9.55 Å². The number of nitrogens with zero attached hydrogens (tertiary/aromatic N) is 2. The van der Waals surface area contributed by atoms with E-state index >= 15 is 0 Å². The van der Waals surface area contributed by atoms with Gasteiger partial charge in [-0.15, -0.1) is 11.6 Å². The van der Waals surface area contributed by atoms with Gasteiger partial charge in [0, 0.05) is 10.6 Å². The van der Waals surface area contributed by atoms with Gasteiger partial charge in [0.1, 0.15) is 5.82 Å². The lowest BCUT2D eigenvalue weighted by molar-refractivity contribution is 0.521. The Kier molecular flexibility index (Phi) is 2.65. The Bertz CT molecular complexity index is 624. The van der Waals surface area contributed by atoms with Gasteiger partial charge >= 0.3 is 0 Å². The molecule has 0 bridgehead atoms. The fourth-order valence-electron chi connectivity index (χ4n) is 2.54. The Balaban J connectivity index is 2.40. The van der Waals surface area contributed by atoms with Crippen LogP contribution in [0.3, 0.4) is 0 Å².